The maximum absolute atomic E-state index is 6.00. The Kier molecular flexibility index (Phi) is 2.29. The highest BCUT2D eigenvalue weighted by Crippen LogP contribution is 2.46. The molecule has 0 unspecified atom stereocenters. The minimum atomic E-state index is 0.720. The fourth-order valence-corrected chi connectivity index (χ4v) is 2.67. The molecule has 2 nitrogen and oxygen atoms in total. The highest BCUT2D eigenvalue weighted by Gasteiger charge is 2.18. The van der Waals surface area contributed by atoms with E-state index in [-0.39, 0.29) is 0 Å². The number of hydrogen-bond acceptors (Lipinski definition) is 2. The van der Waals surface area contributed by atoms with Gasteiger partial charge in [-0.15, -0.1) is 0 Å². The molecule has 3 aromatic rings. The second-order valence-corrected chi connectivity index (χ2v) is 5.32. The van der Waals surface area contributed by atoms with Gasteiger partial charge in [0, 0.05) is 4.47 Å². The van der Waals surface area contributed by atoms with Gasteiger partial charge in [0.1, 0.15) is 11.5 Å². The summed E-state index contributed by atoms with van der Waals surface area (Å²) in [5.41, 5.74) is 0. The van der Waals surface area contributed by atoms with Crippen molar-refractivity contribution in [2.75, 3.05) is 0 Å². The Morgan fingerprint density at radius 3 is 2.11 bits per heavy atom. The zero-order valence-electron chi connectivity index (χ0n) is 9.89. The Balaban J connectivity index is 2.05. The van der Waals surface area contributed by atoms with Crippen LogP contribution in [0.3, 0.4) is 0 Å². The number of ether oxygens (including phenoxy) is 2. The molecule has 3 aromatic carbocycles. The van der Waals surface area contributed by atoms with Crippen LogP contribution in [0, 0.1) is 0 Å². The van der Waals surface area contributed by atoms with Crippen molar-refractivity contribution in [2.24, 2.45) is 0 Å². The molecule has 0 bridgehead atoms. The third-order valence-corrected chi connectivity index (χ3v) is 3.67. The van der Waals surface area contributed by atoms with E-state index in [0.29, 0.717) is 0 Å². The van der Waals surface area contributed by atoms with E-state index in [2.05, 4.69) is 28.1 Å². The summed E-state index contributed by atoms with van der Waals surface area (Å²) in [6.45, 7) is 0. The molecule has 0 spiro atoms. The van der Waals surface area contributed by atoms with Crippen LogP contribution in [0.25, 0.3) is 10.8 Å². The molecule has 0 saturated carbocycles. The molecule has 1 heterocycles. The van der Waals surface area contributed by atoms with Gasteiger partial charge in [-0.2, -0.15) is 0 Å². The van der Waals surface area contributed by atoms with Crippen molar-refractivity contribution in [3.63, 3.8) is 0 Å². The van der Waals surface area contributed by atoms with Crippen LogP contribution in [0.15, 0.2) is 59.1 Å². The molecule has 0 aromatic heterocycles. The summed E-state index contributed by atoms with van der Waals surface area (Å²) in [5, 5.41) is 2.12. The SMILES string of the molecule is Brc1ccc2c(c1)Oc1cccc3cccc(c13)O2. The minimum Gasteiger partial charge on any atom is -0.453 e. The lowest BCUT2D eigenvalue weighted by molar-refractivity contribution is 0.439. The molecule has 0 aliphatic carbocycles. The van der Waals surface area contributed by atoms with Gasteiger partial charge in [-0.05, 0) is 35.7 Å². The fraction of sp³-hybridized carbons (Fsp3) is 0. The van der Waals surface area contributed by atoms with Gasteiger partial charge in [-0.25, -0.2) is 0 Å². The zero-order valence-corrected chi connectivity index (χ0v) is 11.5. The van der Waals surface area contributed by atoms with E-state index >= 15 is 0 Å². The maximum atomic E-state index is 6.00. The Morgan fingerprint density at radius 2 is 1.37 bits per heavy atom. The predicted octanol–water partition coefficient (Wildman–Crippen LogP) is 5.50. The molecule has 0 amide bonds. The summed E-state index contributed by atoms with van der Waals surface area (Å²) in [6.07, 6.45) is 0. The van der Waals surface area contributed by atoms with E-state index < -0.39 is 0 Å². The highest BCUT2D eigenvalue weighted by atomic mass is 79.9. The smallest absolute Gasteiger partial charge is 0.171 e. The molecule has 1 aliphatic heterocycles. The summed E-state index contributed by atoms with van der Waals surface area (Å²) in [6, 6.07) is 17.8. The average molecular weight is 313 g/mol. The van der Waals surface area contributed by atoms with Crippen LogP contribution in [0.2, 0.25) is 0 Å². The van der Waals surface area contributed by atoms with Gasteiger partial charge in [0.15, 0.2) is 11.5 Å². The summed E-state index contributed by atoms with van der Waals surface area (Å²) < 4.78 is 12.9. The van der Waals surface area contributed by atoms with Crippen molar-refractivity contribution in [2.45, 2.75) is 0 Å². The van der Waals surface area contributed by atoms with E-state index in [4.69, 9.17) is 9.47 Å². The van der Waals surface area contributed by atoms with Crippen molar-refractivity contribution in [3.05, 3.63) is 59.1 Å². The van der Waals surface area contributed by atoms with Crippen LogP contribution in [0.5, 0.6) is 23.0 Å². The van der Waals surface area contributed by atoms with Crippen LogP contribution in [0.1, 0.15) is 0 Å². The van der Waals surface area contributed by atoms with Crippen LogP contribution in [0.4, 0.5) is 0 Å². The molecule has 3 heteroatoms. The van der Waals surface area contributed by atoms with Crippen molar-refractivity contribution < 1.29 is 9.47 Å². The molecule has 1 aliphatic rings. The number of rotatable bonds is 0. The zero-order chi connectivity index (χ0) is 12.8. The maximum Gasteiger partial charge on any atom is 0.171 e. The van der Waals surface area contributed by atoms with Gasteiger partial charge in [0.05, 0.1) is 5.39 Å². The summed E-state index contributed by atoms with van der Waals surface area (Å²) in [5.74, 6) is 3.10. The molecule has 92 valence electrons. The summed E-state index contributed by atoms with van der Waals surface area (Å²) in [4.78, 5) is 0. The third kappa shape index (κ3) is 1.70. The highest BCUT2D eigenvalue weighted by molar-refractivity contribution is 9.10. The molecular formula is C16H9BrO2. The van der Waals surface area contributed by atoms with Crippen LogP contribution in [-0.2, 0) is 0 Å². The molecule has 19 heavy (non-hydrogen) atoms. The first kappa shape index (κ1) is 10.9. The van der Waals surface area contributed by atoms with Gasteiger partial charge < -0.3 is 9.47 Å². The van der Waals surface area contributed by atoms with Crippen LogP contribution >= 0.6 is 15.9 Å². The Bertz CT molecular complexity index is 791. The van der Waals surface area contributed by atoms with Gasteiger partial charge in [0.25, 0.3) is 0 Å². The fourth-order valence-electron chi connectivity index (χ4n) is 2.33. The van der Waals surface area contributed by atoms with Gasteiger partial charge in [-0.3, -0.25) is 0 Å². The number of hydrogen-bond donors (Lipinski definition) is 0. The van der Waals surface area contributed by atoms with E-state index in [1.807, 2.05) is 42.5 Å². The van der Waals surface area contributed by atoms with E-state index in [0.717, 1.165) is 38.2 Å². The van der Waals surface area contributed by atoms with Crippen LogP contribution < -0.4 is 9.47 Å². The Hall–Kier alpha value is -2.00. The van der Waals surface area contributed by atoms with Crippen molar-refractivity contribution in [1.29, 1.82) is 0 Å². The van der Waals surface area contributed by atoms with Crippen molar-refractivity contribution in [1.82, 2.24) is 0 Å². The average Bonchev–Trinajstić information content (AvgIpc) is 2.57. The first-order chi connectivity index (χ1) is 9.31. The predicted molar refractivity (Wildman–Crippen MR) is 78.2 cm³/mol. The van der Waals surface area contributed by atoms with Crippen LogP contribution in [-0.4, -0.2) is 0 Å². The topological polar surface area (TPSA) is 18.5 Å². The molecule has 0 saturated heterocycles. The second kappa shape index (κ2) is 4.00. The van der Waals surface area contributed by atoms with Gasteiger partial charge >= 0.3 is 0 Å². The largest absolute Gasteiger partial charge is 0.453 e. The lowest BCUT2D eigenvalue weighted by Gasteiger charge is -2.07. The standard InChI is InChI=1S/C16H9BrO2/c17-11-7-8-12-15(9-11)19-14-6-2-4-10-3-1-5-13(18-12)16(10)14/h1-9H. The van der Waals surface area contributed by atoms with Crippen molar-refractivity contribution >= 4 is 26.7 Å². The summed E-state index contributed by atoms with van der Waals surface area (Å²) in [7, 11) is 0. The first-order valence-corrected chi connectivity index (χ1v) is 6.77. The molecule has 4 rings (SSSR count). The second-order valence-electron chi connectivity index (χ2n) is 4.41. The number of fused-ring (bicyclic) bond motifs is 1. The first-order valence-electron chi connectivity index (χ1n) is 5.98. The lowest BCUT2D eigenvalue weighted by Crippen LogP contribution is -1.85. The molecule has 0 radical (unpaired) electrons. The minimum absolute atomic E-state index is 0.720. The van der Waals surface area contributed by atoms with E-state index in [1.54, 1.807) is 0 Å². The van der Waals surface area contributed by atoms with E-state index in [1.165, 1.54) is 0 Å². The normalized spacial score (nSPS) is 12.3. The number of benzene rings is 3. The molecule has 0 N–H and O–H groups in total. The molecule has 0 fully saturated rings. The van der Waals surface area contributed by atoms with E-state index in [9.17, 15) is 0 Å². The summed E-state index contributed by atoms with van der Waals surface area (Å²) >= 11 is 3.45. The quantitative estimate of drug-likeness (QED) is 0.427. The monoisotopic (exact) mass is 312 g/mol. The van der Waals surface area contributed by atoms with Gasteiger partial charge in [0.2, 0.25) is 0 Å². The van der Waals surface area contributed by atoms with Crippen molar-refractivity contribution in [3.8, 4) is 23.0 Å². The number of halogens is 1. The molecular weight excluding hydrogens is 304 g/mol. The Labute approximate surface area is 118 Å². The third-order valence-electron chi connectivity index (χ3n) is 3.17. The Morgan fingerprint density at radius 1 is 0.684 bits per heavy atom. The lowest BCUT2D eigenvalue weighted by atomic mass is 10.1. The molecule has 0 atom stereocenters. The van der Waals surface area contributed by atoms with Gasteiger partial charge in [-0.1, -0.05) is 40.2 Å².